The highest BCUT2D eigenvalue weighted by atomic mass is 35.5. The average Bonchev–Trinajstić information content (AvgIpc) is 2.65. The van der Waals surface area contributed by atoms with Crippen LogP contribution in [-0.4, -0.2) is 46.7 Å². The fourth-order valence-corrected chi connectivity index (χ4v) is 3.66. The molecule has 0 saturated heterocycles. The van der Waals surface area contributed by atoms with Gasteiger partial charge in [-0.15, -0.1) is 0 Å². The van der Waals surface area contributed by atoms with Crippen LogP contribution >= 0.6 is 23.2 Å². The first-order valence-corrected chi connectivity index (χ1v) is 10.2. The SMILES string of the molecule is CC(C)C1=CC(Oc2c(Cl)cc(C3=NN(C(C)C)C(=O)CC3=O)cc2Cl)=NCC1=O. The third-order valence-electron chi connectivity index (χ3n) is 4.61. The summed E-state index contributed by atoms with van der Waals surface area (Å²) in [5, 5.41) is 5.78. The second-order valence-corrected chi connectivity index (χ2v) is 8.40. The van der Waals surface area contributed by atoms with Crippen LogP contribution in [0.15, 0.2) is 33.9 Å². The van der Waals surface area contributed by atoms with Gasteiger partial charge in [0.2, 0.25) is 5.90 Å². The molecule has 0 fully saturated rings. The molecule has 0 radical (unpaired) electrons. The number of rotatable bonds is 4. The van der Waals surface area contributed by atoms with Gasteiger partial charge in [0, 0.05) is 23.3 Å². The second kappa shape index (κ2) is 8.70. The molecule has 0 unspecified atom stereocenters. The van der Waals surface area contributed by atoms with Crippen molar-refractivity contribution < 1.29 is 19.1 Å². The van der Waals surface area contributed by atoms with Crippen molar-refractivity contribution in [3.8, 4) is 5.75 Å². The van der Waals surface area contributed by atoms with Gasteiger partial charge in [0.15, 0.2) is 17.3 Å². The molecule has 30 heavy (non-hydrogen) atoms. The predicted octanol–water partition coefficient (Wildman–Crippen LogP) is 3.85. The van der Waals surface area contributed by atoms with Crippen LogP contribution in [0, 0.1) is 5.92 Å². The lowest BCUT2D eigenvalue weighted by molar-refractivity contribution is -0.136. The standard InChI is InChI=1S/C21H21Cl2N3O4/c1-10(2)13-7-18(24-9-17(13)28)30-21-14(22)5-12(6-15(21)23)20-16(27)8-19(29)26(25-20)11(3)4/h5-7,10-11H,8-9H2,1-4H3. The summed E-state index contributed by atoms with van der Waals surface area (Å²) in [7, 11) is 0. The third-order valence-corrected chi connectivity index (χ3v) is 5.17. The quantitative estimate of drug-likeness (QED) is 0.652. The number of hydrogen-bond acceptors (Lipinski definition) is 6. The summed E-state index contributed by atoms with van der Waals surface area (Å²) in [5.74, 6) is -0.386. The van der Waals surface area contributed by atoms with E-state index in [-0.39, 0.29) is 64.0 Å². The van der Waals surface area contributed by atoms with Gasteiger partial charge >= 0.3 is 0 Å². The predicted molar refractivity (Wildman–Crippen MR) is 115 cm³/mol. The van der Waals surface area contributed by atoms with E-state index in [4.69, 9.17) is 27.9 Å². The monoisotopic (exact) mass is 449 g/mol. The van der Waals surface area contributed by atoms with Gasteiger partial charge in [-0.2, -0.15) is 5.10 Å². The summed E-state index contributed by atoms with van der Waals surface area (Å²) in [4.78, 5) is 40.5. The highest BCUT2D eigenvalue weighted by Crippen LogP contribution is 2.35. The number of ketones is 2. The van der Waals surface area contributed by atoms with Gasteiger partial charge in [-0.3, -0.25) is 14.4 Å². The first-order valence-electron chi connectivity index (χ1n) is 9.48. The van der Waals surface area contributed by atoms with Crippen LogP contribution in [-0.2, 0) is 14.4 Å². The minimum atomic E-state index is -0.405. The fourth-order valence-electron chi connectivity index (χ4n) is 3.09. The summed E-state index contributed by atoms with van der Waals surface area (Å²) >= 11 is 12.8. The van der Waals surface area contributed by atoms with E-state index in [9.17, 15) is 14.4 Å². The van der Waals surface area contributed by atoms with Gasteiger partial charge in [0.05, 0.1) is 16.5 Å². The zero-order chi connectivity index (χ0) is 22.2. The van der Waals surface area contributed by atoms with Crippen molar-refractivity contribution in [2.45, 2.75) is 40.2 Å². The maximum atomic E-state index is 12.4. The molecule has 9 heteroatoms. The molecule has 1 aromatic rings. The molecule has 0 spiro atoms. The smallest absolute Gasteiger partial charge is 0.250 e. The number of hydrogen-bond donors (Lipinski definition) is 0. The van der Waals surface area contributed by atoms with Crippen molar-refractivity contribution in [2.75, 3.05) is 6.54 Å². The molecule has 0 N–H and O–H groups in total. The van der Waals surface area contributed by atoms with Gasteiger partial charge in [-0.05, 0) is 31.9 Å². The third kappa shape index (κ3) is 4.47. The maximum Gasteiger partial charge on any atom is 0.250 e. The zero-order valence-corrected chi connectivity index (χ0v) is 18.5. The maximum absolute atomic E-state index is 12.4. The Hall–Kier alpha value is -2.51. The topological polar surface area (TPSA) is 88.4 Å². The molecule has 1 amide bonds. The lowest BCUT2D eigenvalue weighted by Crippen LogP contribution is -2.41. The van der Waals surface area contributed by atoms with Crippen molar-refractivity contribution in [1.29, 1.82) is 0 Å². The Kier molecular flexibility index (Phi) is 6.43. The van der Waals surface area contributed by atoms with Crippen LogP contribution in [0.1, 0.15) is 39.7 Å². The van der Waals surface area contributed by atoms with Crippen LogP contribution in [0.5, 0.6) is 5.75 Å². The molecule has 0 aromatic heterocycles. The van der Waals surface area contributed by atoms with Crippen molar-refractivity contribution >= 4 is 52.3 Å². The van der Waals surface area contributed by atoms with Crippen molar-refractivity contribution in [1.82, 2.24) is 5.01 Å². The number of dihydropyridines is 1. The van der Waals surface area contributed by atoms with E-state index in [0.717, 1.165) is 0 Å². The molecule has 0 bridgehead atoms. The summed E-state index contributed by atoms with van der Waals surface area (Å²) in [6.07, 6.45) is 1.32. The number of hydrazone groups is 1. The molecule has 2 heterocycles. The van der Waals surface area contributed by atoms with Crippen LogP contribution < -0.4 is 4.74 Å². The van der Waals surface area contributed by atoms with Gasteiger partial charge in [0.25, 0.3) is 5.91 Å². The van der Waals surface area contributed by atoms with Crippen molar-refractivity contribution in [3.05, 3.63) is 39.4 Å². The average molecular weight is 450 g/mol. The summed E-state index contributed by atoms with van der Waals surface area (Å²) in [5.41, 5.74) is 1.12. The van der Waals surface area contributed by atoms with Gasteiger partial charge in [-0.25, -0.2) is 10.0 Å². The molecule has 3 rings (SSSR count). The molecule has 0 atom stereocenters. The first kappa shape index (κ1) is 22.2. The molecule has 7 nitrogen and oxygen atoms in total. The Morgan fingerprint density at radius 3 is 2.23 bits per heavy atom. The number of aliphatic imine (C=N–C) groups is 1. The van der Waals surface area contributed by atoms with Gasteiger partial charge in [0.1, 0.15) is 12.3 Å². The second-order valence-electron chi connectivity index (χ2n) is 7.58. The van der Waals surface area contributed by atoms with Gasteiger partial charge in [-0.1, -0.05) is 37.0 Å². The minimum Gasteiger partial charge on any atom is -0.436 e. The molecule has 2 aliphatic heterocycles. The van der Waals surface area contributed by atoms with E-state index >= 15 is 0 Å². The summed E-state index contributed by atoms with van der Waals surface area (Å²) in [6.45, 7) is 7.43. The van der Waals surface area contributed by atoms with E-state index in [2.05, 4.69) is 10.1 Å². The number of carbonyl (C=O) groups excluding carboxylic acids is 3. The Morgan fingerprint density at radius 1 is 1.03 bits per heavy atom. The number of halogens is 2. The van der Waals surface area contributed by atoms with E-state index < -0.39 is 5.78 Å². The Balaban J connectivity index is 1.93. The molecular weight excluding hydrogens is 429 g/mol. The lowest BCUT2D eigenvalue weighted by Gasteiger charge is -2.26. The molecule has 0 aliphatic carbocycles. The molecular formula is C21H21Cl2N3O4. The van der Waals surface area contributed by atoms with Gasteiger partial charge < -0.3 is 4.74 Å². The van der Waals surface area contributed by atoms with Crippen LogP contribution in [0.3, 0.4) is 0 Å². The molecule has 158 valence electrons. The number of Topliss-reactive ketones (excluding diaryl/α,β-unsaturated/α-hetero) is 2. The Labute approximate surface area is 184 Å². The molecule has 1 aromatic carbocycles. The number of amides is 1. The number of nitrogens with zero attached hydrogens (tertiary/aromatic N) is 3. The normalized spacial score (nSPS) is 17.4. The Morgan fingerprint density at radius 2 is 1.67 bits per heavy atom. The Bertz CT molecular complexity index is 1000. The first-order chi connectivity index (χ1) is 14.1. The minimum absolute atomic E-state index is 0.00293. The van der Waals surface area contributed by atoms with Crippen LogP contribution in [0.2, 0.25) is 10.0 Å². The number of benzene rings is 1. The molecule has 2 aliphatic rings. The van der Waals surface area contributed by atoms with Crippen LogP contribution in [0.25, 0.3) is 0 Å². The van der Waals surface area contributed by atoms with E-state index in [0.29, 0.717) is 11.1 Å². The molecule has 0 saturated carbocycles. The summed E-state index contributed by atoms with van der Waals surface area (Å²) in [6, 6.07) is 2.83. The summed E-state index contributed by atoms with van der Waals surface area (Å²) < 4.78 is 5.76. The zero-order valence-electron chi connectivity index (χ0n) is 17.0. The lowest BCUT2D eigenvalue weighted by atomic mass is 9.97. The highest BCUT2D eigenvalue weighted by Gasteiger charge is 2.31. The van der Waals surface area contributed by atoms with Crippen LogP contribution in [0.4, 0.5) is 0 Å². The van der Waals surface area contributed by atoms with Crippen molar-refractivity contribution in [3.63, 3.8) is 0 Å². The van der Waals surface area contributed by atoms with E-state index in [1.807, 2.05) is 13.8 Å². The number of ether oxygens (including phenoxy) is 1. The fraction of sp³-hybridized carbons (Fsp3) is 0.381. The number of carbonyl (C=O) groups is 3. The van der Waals surface area contributed by atoms with E-state index in [1.54, 1.807) is 19.9 Å². The van der Waals surface area contributed by atoms with Crippen molar-refractivity contribution in [2.24, 2.45) is 16.0 Å². The largest absolute Gasteiger partial charge is 0.436 e. The van der Waals surface area contributed by atoms with E-state index in [1.165, 1.54) is 17.1 Å². The highest BCUT2D eigenvalue weighted by molar-refractivity contribution is 6.50.